The first-order valence-corrected chi connectivity index (χ1v) is 13.6. The van der Waals surface area contributed by atoms with Crippen molar-refractivity contribution in [3.05, 3.63) is 100 Å². The van der Waals surface area contributed by atoms with Crippen molar-refractivity contribution in [1.29, 1.82) is 0 Å². The van der Waals surface area contributed by atoms with Crippen LogP contribution < -0.4 is 4.74 Å². The van der Waals surface area contributed by atoms with E-state index in [1.54, 1.807) is 47.0 Å². The summed E-state index contributed by atoms with van der Waals surface area (Å²) in [6.07, 6.45) is 1.17. The zero-order valence-electron chi connectivity index (χ0n) is 19.8. The van der Waals surface area contributed by atoms with Crippen LogP contribution in [0.4, 0.5) is 0 Å². The summed E-state index contributed by atoms with van der Waals surface area (Å²) in [6, 6.07) is 21.7. The number of nitrogens with zero attached hydrogens (tertiary/aromatic N) is 3. The van der Waals surface area contributed by atoms with Crippen molar-refractivity contribution in [2.24, 2.45) is 7.05 Å². The van der Waals surface area contributed by atoms with Crippen LogP contribution in [0, 0.1) is 0 Å². The van der Waals surface area contributed by atoms with Crippen molar-refractivity contribution in [3.8, 4) is 17.0 Å². The normalized spacial score (nSPS) is 12.4. The Kier molecular flexibility index (Phi) is 6.32. The van der Waals surface area contributed by atoms with Crippen LogP contribution in [-0.2, 0) is 36.6 Å². The Morgan fingerprint density at radius 3 is 2.36 bits per heavy atom. The van der Waals surface area contributed by atoms with Gasteiger partial charge in [0.15, 0.2) is 15.5 Å². The quantitative estimate of drug-likeness (QED) is 0.361. The fourth-order valence-corrected chi connectivity index (χ4v) is 5.19. The third-order valence-corrected chi connectivity index (χ3v) is 7.51. The van der Waals surface area contributed by atoms with Crippen LogP contribution in [0.5, 0.6) is 5.75 Å². The van der Waals surface area contributed by atoms with Gasteiger partial charge in [-0.05, 0) is 41.5 Å². The predicted molar refractivity (Wildman–Crippen MR) is 138 cm³/mol. The molecule has 3 aromatic carbocycles. The Morgan fingerprint density at radius 1 is 1.03 bits per heavy atom. The van der Waals surface area contributed by atoms with Crippen molar-refractivity contribution >= 4 is 27.3 Å². The smallest absolute Gasteiger partial charge is 0.275 e. The summed E-state index contributed by atoms with van der Waals surface area (Å²) >= 11 is 6.24. The van der Waals surface area contributed by atoms with E-state index >= 15 is 0 Å². The van der Waals surface area contributed by atoms with Gasteiger partial charge in [-0.25, -0.2) is 8.42 Å². The molecule has 184 valence electrons. The first-order chi connectivity index (χ1) is 17.2. The molecule has 1 aliphatic heterocycles. The maximum atomic E-state index is 13.9. The van der Waals surface area contributed by atoms with Crippen LogP contribution >= 0.6 is 11.6 Å². The molecule has 0 aliphatic carbocycles. The molecule has 1 aliphatic rings. The molecule has 0 atom stereocenters. The fraction of sp³-hybridized carbons (Fsp3) is 0.185. The molecule has 36 heavy (non-hydrogen) atoms. The van der Waals surface area contributed by atoms with E-state index < -0.39 is 9.84 Å². The number of aryl methyl sites for hydroxylation is 1. The Balaban J connectivity index is 1.52. The first-order valence-electron chi connectivity index (χ1n) is 11.3. The summed E-state index contributed by atoms with van der Waals surface area (Å²) in [5.41, 5.74) is 4.41. The van der Waals surface area contributed by atoms with Crippen LogP contribution in [0.15, 0.2) is 77.7 Å². The summed E-state index contributed by atoms with van der Waals surface area (Å²) in [6.45, 7) is 0.871. The van der Waals surface area contributed by atoms with Gasteiger partial charge in [-0.15, -0.1) is 0 Å². The Labute approximate surface area is 214 Å². The Bertz CT molecular complexity index is 1550. The Hall–Kier alpha value is -3.62. The zero-order chi connectivity index (χ0) is 25.4. The Morgan fingerprint density at radius 2 is 1.69 bits per heavy atom. The third kappa shape index (κ3) is 4.74. The summed E-state index contributed by atoms with van der Waals surface area (Å²) in [4.78, 5) is 15.9. The number of amides is 1. The van der Waals surface area contributed by atoms with Crippen LogP contribution in [0.3, 0.4) is 0 Å². The number of ether oxygens (including phenoxy) is 1. The number of aromatic nitrogens is 2. The van der Waals surface area contributed by atoms with Crippen molar-refractivity contribution in [1.82, 2.24) is 14.7 Å². The molecular formula is C27H24ClN3O4S. The van der Waals surface area contributed by atoms with Crippen LogP contribution in [-0.4, -0.2) is 35.3 Å². The first kappa shape index (κ1) is 24.1. The molecule has 0 radical (unpaired) electrons. The number of hydrogen-bond acceptors (Lipinski definition) is 5. The van der Waals surface area contributed by atoms with E-state index in [1.165, 1.54) is 6.26 Å². The summed E-state index contributed by atoms with van der Waals surface area (Å²) in [5.74, 6) is 0.456. The highest BCUT2D eigenvalue weighted by molar-refractivity contribution is 7.90. The molecule has 1 aromatic heterocycles. The summed E-state index contributed by atoms with van der Waals surface area (Å²) < 4.78 is 31.3. The van der Waals surface area contributed by atoms with Crippen molar-refractivity contribution in [2.45, 2.75) is 24.6 Å². The van der Waals surface area contributed by atoms with E-state index in [-0.39, 0.29) is 24.0 Å². The maximum absolute atomic E-state index is 13.9. The van der Waals surface area contributed by atoms with Gasteiger partial charge < -0.3 is 9.64 Å². The molecule has 0 bridgehead atoms. The molecule has 2 heterocycles. The van der Waals surface area contributed by atoms with Gasteiger partial charge in [-0.2, -0.15) is 5.10 Å². The molecule has 1 amide bonds. The zero-order valence-corrected chi connectivity index (χ0v) is 21.4. The second kappa shape index (κ2) is 9.44. The van der Waals surface area contributed by atoms with E-state index in [0.29, 0.717) is 28.6 Å². The van der Waals surface area contributed by atoms with Crippen LogP contribution in [0.1, 0.15) is 27.2 Å². The lowest BCUT2D eigenvalue weighted by Gasteiger charge is -2.24. The van der Waals surface area contributed by atoms with E-state index in [4.69, 9.17) is 16.3 Å². The molecule has 0 saturated carbocycles. The standard InChI is InChI=1S/C27H24ClN3O4S/c1-30-26-22-14-20(28)10-13-24(22)35-17-23(26)25(29-30)27(32)31(15-18-6-4-3-5-7-18)16-19-8-11-21(12-9-19)36(2,33)34/h3-14H,15-17H2,1-2H3. The average molecular weight is 522 g/mol. The maximum Gasteiger partial charge on any atom is 0.275 e. The summed E-state index contributed by atoms with van der Waals surface area (Å²) in [7, 11) is -1.50. The van der Waals surface area contributed by atoms with Crippen molar-refractivity contribution in [3.63, 3.8) is 0 Å². The van der Waals surface area contributed by atoms with Gasteiger partial charge in [-0.3, -0.25) is 9.48 Å². The third-order valence-electron chi connectivity index (χ3n) is 6.15. The van der Waals surface area contributed by atoms with E-state index in [2.05, 4.69) is 5.10 Å². The van der Waals surface area contributed by atoms with Gasteiger partial charge in [0, 0.05) is 42.5 Å². The number of hydrogen-bond donors (Lipinski definition) is 0. The number of rotatable bonds is 6. The van der Waals surface area contributed by atoms with E-state index in [9.17, 15) is 13.2 Å². The lowest BCUT2D eigenvalue weighted by Crippen LogP contribution is -2.31. The topological polar surface area (TPSA) is 81.5 Å². The van der Waals surface area contributed by atoms with Crippen LogP contribution in [0.25, 0.3) is 11.3 Å². The minimum absolute atomic E-state index is 0.223. The van der Waals surface area contributed by atoms with Gasteiger partial charge in [-0.1, -0.05) is 54.1 Å². The minimum Gasteiger partial charge on any atom is -0.488 e. The largest absolute Gasteiger partial charge is 0.488 e. The van der Waals surface area contributed by atoms with Crippen LogP contribution in [0.2, 0.25) is 5.02 Å². The monoisotopic (exact) mass is 521 g/mol. The van der Waals surface area contributed by atoms with Crippen molar-refractivity contribution in [2.75, 3.05) is 6.26 Å². The molecule has 0 saturated heterocycles. The highest BCUT2D eigenvalue weighted by Gasteiger charge is 2.31. The lowest BCUT2D eigenvalue weighted by atomic mass is 10.0. The highest BCUT2D eigenvalue weighted by atomic mass is 35.5. The van der Waals surface area contributed by atoms with Gasteiger partial charge in [0.25, 0.3) is 5.91 Å². The molecule has 7 nitrogen and oxygen atoms in total. The number of fused-ring (bicyclic) bond motifs is 3. The SMILES string of the molecule is Cn1nc(C(=O)N(Cc2ccccc2)Cc2ccc(S(C)(=O)=O)cc2)c2c1-c1cc(Cl)ccc1OC2. The molecule has 5 rings (SSSR count). The number of sulfone groups is 1. The number of carbonyl (C=O) groups excluding carboxylic acids is 1. The van der Waals surface area contributed by atoms with E-state index in [0.717, 1.165) is 22.4 Å². The average Bonchev–Trinajstić information content (AvgIpc) is 3.20. The number of halogens is 1. The van der Waals surface area contributed by atoms with Crippen molar-refractivity contribution < 1.29 is 17.9 Å². The highest BCUT2D eigenvalue weighted by Crippen LogP contribution is 2.40. The van der Waals surface area contributed by atoms with Gasteiger partial charge in [0.1, 0.15) is 12.4 Å². The molecule has 0 spiro atoms. The molecule has 4 aromatic rings. The molecular weight excluding hydrogens is 498 g/mol. The minimum atomic E-state index is -3.31. The van der Waals surface area contributed by atoms with E-state index in [1.807, 2.05) is 42.5 Å². The summed E-state index contributed by atoms with van der Waals surface area (Å²) in [5, 5.41) is 5.17. The predicted octanol–water partition coefficient (Wildman–Crippen LogP) is 4.88. The molecule has 0 fully saturated rings. The molecule has 0 unspecified atom stereocenters. The fourth-order valence-electron chi connectivity index (χ4n) is 4.39. The van der Waals surface area contributed by atoms with Gasteiger partial charge in [0.2, 0.25) is 0 Å². The number of carbonyl (C=O) groups is 1. The molecule has 0 N–H and O–H groups in total. The molecule has 9 heteroatoms. The second-order valence-electron chi connectivity index (χ2n) is 8.79. The van der Waals surface area contributed by atoms with Gasteiger partial charge in [0.05, 0.1) is 10.6 Å². The van der Waals surface area contributed by atoms with Gasteiger partial charge >= 0.3 is 0 Å². The number of benzene rings is 3. The second-order valence-corrected chi connectivity index (χ2v) is 11.2. The lowest BCUT2D eigenvalue weighted by molar-refractivity contribution is 0.0720.